The van der Waals surface area contributed by atoms with Crippen LogP contribution in [0.4, 0.5) is 10.1 Å². The third kappa shape index (κ3) is 4.01. The fourth-order valence-electron chi connectivity index (χ4n) is 1.92. The molecule has 23 heavy (non-hydrogen) atoms. The number of benzene rings is 2. The number of methoxy groups -OCH3 is 2. The van der Waals surface area contributed by atoms with Crippen molar-refractivity contribution in [2.24, 2.45) is 0 Å². The van der Waals surface area contributed by atoms with E-state index in [-0.39, 0.29) is 11.4 Å². The van der Waals surface area contributed by atoms with Crippen molar-refractivity contribution >= 4 is 5.69 Å². The second kappa shape index (κ2) is 7.44. The quantitative estimate of drug-likeness (QED) is 0.298. The Bertz CT molecular complexity index is 738. The van der Waals surface area contributed by atoms with Gasteiger partial charge >= 0.3 is 142 Å². The van der Waals surface area contributed by atoms with Gasteiger partial charge in [0.25, 0.3) is 0 Å². The van der Waals surface area contributed by atoms with E-state index in [9.17, 15) is 19.6 Å². The van der Waals surface area contributed by atoms with Crippen molar-refractivity contribution in [3.05, 3.63) is 55.4 Å². The van der Waals surface area contributed by atoms with Gasteiger partial charge in [0.15, 0.2) is 0 Å². The van der Waals surface area contributed by atoms with E-state index in [4.69, 9.17) is 9.47 Å². The van der Waals surface area contributed by atoms with Gasteiger partial charge in [-0.2, -0.15) is 0 Å². The summed E-state index contributed by atoms with van der Waals surface area (Å²) in [6, 6.07) is 6.48. The normalized spacial score (nSPS) is 10.6. The van der Waals surface area contributed by atoms with Crippen LogP contribution >= 0.6 is 0 Å². The van der Waals surface area contributed by atoms with Crippen LogP contribution in [0.3, 0.4) is 0 Å². The molecule has 0 aliphatic rings. The predicted octanol–water partition coefficient (Wildman–Crippen LogP) is -0.0845. The summed E-state index contributed by atoms with van der Waals surface area (Å²) < 4.78 is 24.4. The molecule has 0 aliphatic carbocycles. The number of ether oxygens (including phenoxy) is 2. The molecule has 2 aromatic carbocycles. The van der Waals surface area contributed by atoms with E-state index in [1.807, 2.05) is 0 Å². The number of nitro groups is 1. The van der Waals surface area contributed by atoms with Crippen molar-refractivity contribution in [1.82, 2.24) is 0 Å². The van der Waals surface area contributed by atoms with E-state index in [1.165, 1.54) is 26.4 Å². The predicted molar refractivity (Wildman–Crippen MR) is 76.7 cm³/mol. The van der Waals surface area contributed by atoms with Gasteiger partial charge in [0.1, 0.15) is 0 Å². The van der Waals surface area contributed by atoms with E-state index < -0.39 is 31.9 Å². The molecule has 0 atom stereocenters. The molecular formula is C15H14FINO5-. The second-order valence-corrected chi connectivity index (χ2v) is 7.14. The van der Waals surface area contributed by atoms with E-state index in [0.717, 1.165) is 12.1 Å². The SMILES string of the molecule is COc1cc(O)c(C[I-]c2cc(F)ccc2[N+](=O)[O-])c(OC)c1. The molecule has 0 aliphatic heterocycles. The van der Waals surface area contributed by atoms with Crippen molar-refractivity contribution < 1.29 is 45.1 Å². The van der Waals surface area contributed by atoms with Gasteiger partial charge in [-0.1, -0.05) is 0 Å². The third-order valence-corrected chi connectivity index (χ3v) is 5.90. The van der Waals surface area contributed by atoms with Gasteiger partial charge in [0.05, 0.1) is 0 Å². The summed E-state index contributed by atoms with van der Waals surface area (Å²) in [5, 5.41) is 21.1. The minimum absolute atomic E-state index is 0.0139. The van der Waals surface area contributed by atoms with Gasteiger partial charge in [-0.05, 0) is 0 Å². The van der Waals surface area contributed by atoms with Crippen LogP contribution in [0.5, 0.6) is 17.2 Å². The first-order chi connectivity index (χ1) is 11.0. The molecule has 0 radical (unpaired) electrons. The molecule has 2 rings (SSSR count). The van der Waals surface area contributed by atoms with E-state index in [2.05, 4.69) is 0 Å². The Kier molecular flexibility index (Phi) is 5.59. The average Bonchev–Trinajstić information content (AvgIpc) is 2.52. The molecule has 6 nitrogen and oxygen atoms in total. The monoisotopic (exact) mass is 434 g/mol. The zero-order chi connectivity index (χ0) is 17.0. The molecule has 0 saturated heterocycles. The number of aromatic hydroxyl groups is 1. The van der Waals surface area contributed by atoms with Crippen molar-refractivity contribution in [2.45, 2.75) is 4.43 Å². The molecule has 0 amide bonds. The first-order valence-electron chi connectivity index (χ1n) is 6.43. The van der Waals surface area contributed by atoms with Crippen LogP contribution in [0.25, 0.3) is 0 Å². The summed E-state index contributed by atoms with van der Waals surface area (Å²) >= 11 is -0.940. The molecule has 0 fully saturated rings. The molecule has 0 saturated carbocycles. The van der Waals surface area contributed by atoms with Crippen LogP contribution in [0.1, 0.15) is 5.56 Å². The topological polar surface area (TPSA) is 81.8 Å². The van der Waals surface area contributed by atoms with Gasteiger partial charge in [0.2, 0.25) is 0 Å². The second-order valence-electron chi connectivity index (χ2n) is 4.45. The molecular weight excluding hydrogens is 420 g/mol. The molecule has 0 heterocycles. The van der Waals surface area contributed by atoms with E-state index >= 15 is 0 Å². The Hall–Kier alpha value is -2.10. The minimum atomic E-state index is -0.940. The van der Waals surface area contributed by atoms with Crippen LogP contribution in [0.15, 0.2) is 30.3 Å². The molecule has 1 N–H and O–H groups in total. The fraction of sp³-hybridized carbons (Fsp3) is 0.200. The van der Waals surface area contributed by atoms with Gasteiger partial charge in [0, 0.05) is 0 Å². The van der Waals surface area contributed by atoms with Gasteiger partial charge < -0.3 is 0 Å². The zero-order valence-corrected chi connectivity index (χ0v) is 14.5. The molecule has 0 bridgehead atoms. The van der Waals surface area contributed by atoms with Crippen LogP contribution in [-0.2, 0) is 4.43 Å². The number of halogens is 2. The maximum absolute atomic E-state index is 13.4. The summed E-state index contributed by atoms with van der Waals surface area (Å²) in [4.78, 5) is 10.5. The van der Waals surface area contributed by atoms with Crippen LogP contribution < -0.4 is 30.7 Å². The zero-order valence-electron chi connectivity index (χ0n) is 12.4. The number of rotatable bonds is 6. The molecule has 8 heteroatoms. The Morgan fingerprint density at radius 3 is 2.61 bits per heavy atom. The summed E-state index contributed by atoms with van der Waals surface area (Å²) in [5.41, 5.74) is 0.422. The van der Waals surface area contributed by atoms with E-state index in [0.29, 0.717) is 25.1 Å². The third-order valence-electron chi connectivity index (χ3n) is 3.07. The van der Waals surface area contributed by atoms with Crippen molar-refractivity contribution in [3.63, 3.8) is 0 Å². The maximum atomic E-state index is 13.4. The van der Waals surface area contributed by atoms with Gasteiger partial charge in [-0.15, -0.1) is 0 Å². The Morgan fingerprint density at radius 1 is 1.26 bits per heavy atom. The summed E-state index contributed by atoms with van der Waals surface area (Å²) in [5.74, 6) is 0.342. The number of phenols is 1. The number of nitrogens with zero attached hydrogens (tertiary/aromatic N) is 1. The fourth-order valence-corrected chi connectivity index (χ4v) is 4.76. The number of hydrogen-bond donors (Lipinski definition) is 1. The average molecular weight is 434 g/mol. The molecule has 2 aromatic rings. The Labute approximate surface area is 142 Å². The van der Waals surface area contributed by atoms with Crippen molar-refractivity contribution in [3.8, 4) is 17.2 Å². The van der Waals surface area contributed by atoms with Crippen LogP contribution in [-0.4, -0.2) is 24.2 Å². The number of phenolic OH excluding ortho intramolecular Hbond substituents is 1. The van der Waals surface area contributed by atoms with E-state index in [1.54, 1.807) is 6.07 Å². The summed E-state index contributed by atoms with van der Waals surface area (Å²) in [6.45, 7) is 0. The van der Waals surface area contributed by atoms with Crippen molar-refractivity contribution in [1.29, 1.82) is 0 Å². The molecule has 0 spiro atoms. The van der Waals surface area contributed by atoms with Gasteiger partial charge in [-0.25, -0.2) is 0 Å². The first kappa shape index (κ1) is 17.3. The van der Waals surface area contributed by atoms with Crippen LogP contribution in [0, 0.1) is 19.5 Å². The number of hydrogen-bond acceptors (Lipinski definition) is 5. The standard InChI is InChI=1S/C15H14FINO5/c1-22-10-6-14(19)11(15(7-10)23-2)8-17-12-5-9(16)3-4-13(12)18(20)21/h3-7,19H,8H2,1-2H3/q-1. The first-order valence-corrected chi connectivity index (χ1v) is 9.03. The Morgan fingerprint density at radius 2 is 2.00 bits per heavy atom. The number of alkyl halides is 1. The molecule has 0 aromatic heterocycles. The number of nitro benzene ring substituents is 1. The summed E-state index contributed by atoms with van der Waals surface area (Å²) in [7, 11) is 2.93. The Balaban J connectivity index is 2.31. The molecule has 124 valence electrons. The van der Waals surface area contributed by atoms with Gasteiger partial charge in [-0.3, -0.25) is 0 Å². The summed E-state index contributed by atoms with van der Waals surface area (Å²) in [6.07, 6.45) is 0. The van der Waals surface area contributed by atoms with Crippen LogP contribution in [0.2, 0.25) is 0 Å². The molecule has 0 unspecified atom stereocenters. The van der Waals surface area contributed by atoms with Crippen molar-refractivity contribution in [2.75, 3.05) is 14.2 Å².